The first-order valence-corrected chi connectivity index (χ1v) is 12.5. The number of hydrogen-bond acceptors (Lipinski definition) is 4. The van der Waals surface area contributed by atoms with Gasteiger partial charge in [0.15, 0.2) is 0 Å². The molecule has 7 heteroatoms. The molecule has 3 aromatic carbocycles. The highest BCUT2D eigenvalue weighted by molar-refractivity contribution is 7.90. The zero-order chi connectivity index (χ0) is 24.5. The molecule has 174 valence electrons. The van der Waals surface area contributed by atoms with Crippen molar-refractivity contribution in [1.29, 1.82) is 0 Å². The lowest BCUT2D eigenvalue weighted by Gasteiger charge is -2.08. The molecule has 0 saturated heterocycles. The smallest absolute Gasteiger partial charge is 0.267 e. The molecule has 4 rings (SSSR count). The van der Waals surface area contributed by atoms with Crippen molar-refractivity contribution in [3.05, 3.63) is 101 Å². The molecule has 0 fully saturated rings. The van der Waals surface area contributed by atoms with Crippen molar-refractivity contribution in [2.75, 3.05) is 0 Å². The Bertz CT molecular complexity index is 1510. The second kappa shape index (κ2) is 9.27. The summed E-state index contributed by atoms with van der Waals surface area (Å²) in [7, 11) is -3.82. The number of nitrogens with one attached hydrogen (secondary N) is 1. The van der Waals surface area contributed by atoms with E-state index in [1.54, 1.807) is 37.4 Å². The van der Waals surface area contributed by atoms with Gasteiger partial charge < -0.3 is 0 Å². The van der Waals surface area contributed by atoms with Crippen molar-refractivity contribution < 1.29 is 13.2 Å². The Hall–Kier alpha value is -3.71. The molecule has 0 aliphatic heterocycles. The monoisotopic (exact) mass is 473 g/mol. The summed E-state index contributed by atoms with van der Waals surface area (Å²) in [6.45, 7) is 7.61. The van der Waals surface area contributed by atoms with E-state index in [4.69, 9.17) is 0 Å². The van der Waals surface area contributed by atoms with Gasteiger partial charge in [-0.15, -0.1) is 0 Å². The summed E-state index contributed by atoms with van der Waals surface area (Å²) in [6.07, 6.45) is 2.41. The van der Waals surface area contributed by atoms with E-state index in [9.17, 15) is 13.2 Å². The van der Waals surface area contributed by atoms with Gasteiger partial charge in [0.2, 0.25) is 0 Å². The molecule has 0 unspecified atom stereocenters. The second-order valence-electron chi connectivity index (χ2n) is 8.37. The van der Waals surface area contributed by atoms with Crippen LogP contribution in [0.4, 0.5) is 0 Å². The van der Waals surface area contributed by atoms with Crippen LogP contribution in [0.15, 0.2) is 82.9 Å². The van der Waals surface area contributed by atoms with Gasteiger partial charge in [0.1, 0.15) is 0 Å². The lowest BCUT2D eigenvalue weighted by Crippen LogP contribution is -2.19. The predicted octanol–water partition coefficient (Wildman–Crippen LogP) is 5.21. The van der Waals surface area contributed by atoms with Crippen LogP contribution in [0, 0.1) is 13.8 Å². The van der Waals surface area contributed by atoms with Crippen LogP contribution in [-0.2, 0) is 16.4 Å². The predicted molar refractivity (Wildman–Crippen MR) is 136 cm³/mol. The minimum absolute atomic E-state index is 0.219. The summed E-state index contributed by atoms with van der Waals surface area (Å²) < 4.78 is 28.4. The van der Waals surface area contributed by atoms with E-state index in [2.05, 4.69) is 10.5 Å². The number of rotatable bonds is 6. The van der Waals surface area contributed by atoms with Gasteiger partial charge >= 0.3 is 0 Å². The largest absolute Gasteiger partial charge is 0.271 e. The Balaban J connectivity index is 1.75. The van der Waals surface area contributed by atoms with E-state index in [-0.39, 0.29) is 10.8 Å². The molecule has 1 N–H and O–H groups in total. The topological polar surface area (TPSA) is 80.5 Å². The molecule has 0 bridgehead atoms. The van der Waals surface area contributed by atoms with Crippen LogP contribution >= 0.6 is 0 Å². The van der Waals surface area contributed by atoms with Gasteiger partial charge in [-0.05, 0) is 68.7 Å². The van der Waals surface area contributed by atoms with Crippen molar-refractivity contribution in [1.82, 2.24) is 9.40 Å². The Morgan fingerprint density at radius 3 is 2.35 bits per heavy atom. The van der Waals surface area contributed by atoms with Gasteiger partial charge in [-0.2, -0.15) is 5.10 Å². The van der Waals surface area contributed by atoms with Crippen molar-refractivity contribution in [3.8, 4) is 0 Å². The molecule has 6 nitrogen and oxygen atoms in total. The fraction of sp³-hybridized carbons (Fsp3) is 0.185. The first-order valence-electron chi connectivity index (χ1n) is 11.1. The highest BCUT2D eigenvalue weighted by Gasteiger charge is 2.22. The van der Waals surface area contributed by atoms with E-state index >= 15 is 0 Å². The van der Waals surface area contributed by atoms with Crippen molar-refractivity contribution in [2.45, 2.75) is 39.0 Å². The van der Waals surface area contributed by atoms with E-state index < -0.39 is 10.0 Å². The third-order valence-corrected chi connectivity index (χ3v) is 7.50. The average Bonchev–Trinajstić information content (AvgIpc) is 3.22. The number of nitrogens with zero attached hydrogens (tertiary/aromatic N) is 2. The summed E-state index contributed by atoms with van der Waals surface area (Å²) in [4.78, 5) is 12.7. The van der Waals surface area contributed by atoms with Crippen LogP contribution in [0.25, 0.3) is 10.9 Å². The number of hydrazone groups is 1. The summed E-state index contributed by atoms with van der Waals surface area (Å²) in [5, 5.41) is 5.01. The van der Waals surface area contributed by atoms with Gasteiger partial charge in [-0.3, -0.25) is 4.79 Å². The molecule has 1 aromatic heterocycles. The minimum atomic E-state index is -3.82. The standard InChI is InChI=1S/C27H27N3O3S/c1-5-21-10-12-23(13-11-21)34(32,33)30-17-25(24-14-9-19(3)16-26(24)30)20(4)28-29-27(31)22-8-6-7-18(2)15-22/h6-17H,5H2,1-4H3,(H,29,31)/b28-20+. The SMILES string of the molecule is CCc1ccc(S(=O)(=O)n2cc(/C(C)=N/NC(=O)c3cccc(C)c3)c3ccc(C)cc32)cc1. The van der Waals surface area contributed by atoms with Crippen LogP contribution in [0.5, 0.6) is 0 Å². The van der Waals surface area contributed by atoms with Gasteiger partial charge in [0.05, 0.1) is 16.1 Å². The van der Waals surface area contributed by atoms with Crippen LogP contribution in [0.3, 0.4) is 0 Å². The Kier molecular flexibility index (Phi) is 6.39. The molecule has 1 heterocycles. The van der Waals surface area contributed by atoms with Crippen molar-refractivity contribution in [2.24, 2.45) is 5.10 Å². The number of hydrogen-bond donors (Lipinski definition) is 1. The van der Waals surface area contributed by atoms with Crippen LogP contribution in [0.2, 0.25) is 0 Å². The van der Waals surface area contributed by atoms with E-state index in [0.29, 0.717) is 22.4 Å². The molecule has 0 spiro atoms. The zero-order valence-corrected chi connectivity index (χ0v) is 20.5. The summed E-state index contributed by atoms with van der Waals surface area (Å²) >= 11 is 0. The zero-order valence-electron chi connectivity index (χ0n) is 19.7. The number of fused-ring (bicyclic) bond motifs is 1. The van der Waals surface area contributed by atoms with Crippen LogP contribution in [0.1, 0.15) is 46.5 Å². The molecule has 1 amide bonds. The average molecular weight is 474 g/mol. The first kappa shape index (κ1) is 23.4. The number of amides is 1. The van der Waals surface area contributed by atoms with E-state index in [1.807, 2.05) is 63.2 Å². The molecular weight excluding hydrogens is 446 g/mol. The van der Waals surface area contributed by atoms with Gasteiger partial charge in [-0.25, -0.2) is 17.8 Å². The molecular formula is C27H27N3O3S. The molecule has 4 aromatic rings. The maximum atomic E-state index is 13.5. The quantitative estimate of drug-likeness (QED) is 0.308. The Morgan fingerprint density at radius 2 is 1.68 bits per heavy atom. The Morgan fingerprint density at radius 1 is 0.971 bits per heavy atom. The molecule has 0 atom stereocenters. The fourth-order valence-corrected chi connectivity index (χ4v) is 5.21. The maximum Gasteiger partial charge on any atom is 0.271 e. The van der Waals surface area contributed by atoms with Crippen LogP contribution in [-0.4, -0.2) is 24.0 Å². The lowest BCUT2D eigenvalue weighted by molar-refractivity contribution is 0.0954. The molecule has 0 aliphatic rings. The third kappa shape index (κ3) is 4.52. The molecule has 0 saturated carbocycles. The number of aryl methyl sites for hydroxylation is 3. The number of carbonyl (C=O) groups excluding carboxylic acids is 1. The first-order chi connectivity index (χ1) is 16.2. The second-order valence-corrected chi connectivity index (χ2v) is 10.2. The normalized spacial score (nSPS) is 12.2. The van der Waals surface area contributed by atoms with E-state index in [0.717, 1.165) is 28.5 Å². The number of carbonyl (C=O) groups is 1. The summed E-state index contributed by atoms with van der Waals surface area (Å²) in [6, 6.07) is 19.8. The van der Waals surface area contributed by atoms with E-state index in [1.165, 1.54) is 3.97 Å². The summed E-state index contributed by atoms with van der Waals surface area (Å²) in [5.74, 6) is -0.328. The molecule has 0 aliphatic carbocycles. The highest BCUT2D eigenvalue weighted by atomic mass is 32.2. The maximum absolute atomic E-state index is 13.5. The fourth-order valence-electron chi connectivity index (χ4n) is 3.85. The number of aromatic nitrogens is 1. The minimum Gasteiger partial charge on any atom is -0.267 e. The molecule has 0 radical (unpaired) electrons. The van der Waals surface area contributed by atoms with Crippen molar-refractivity contribution >= 4 is 32.5 Å². The van der Waals surface area contributed by atoms with Crippen molar-refractivity contribution in [3.63, 3.8) is 0 Å². The van der Waals surface area contributed by atoms with Gasteiger partial charge in [-0.1, -0.05) is 48.9 Å². The summed E-state index contributed by atoms with van der Waals surface area (Å²) in [5.41, 5.74) is 7.78. The Labute approximate surface area is 200 Å². The van der Waals surface area contributed by atoms with Gasteiger partial charge in [0.25, 0.3) is 15.9 Å². The number of benzene rings is 3. The van der Waals surface area contributed by atoms with Gasteiger partial charge in [0, 0.05) is 22.7 Å². The third-order valence-electron chi connectivity index (χ3n) is 5.81. The van der Waals surface area contributed by atoms with Crippen LogP contribution < -0.4 is 5.43 Å². The molecule has 34 heavy (non-hydrogen) atoms. The lowest BCUT2D eigenvalue weighted by atomic mass is 10.1. The highest BCUT2D eigenvalue weighted by Crippen LogP contribution is 2.28.